The van der Waals surface area contributed by atoms with Gasteiger partial charge < -0.3 is 35.4 Å². The second kappa shape index (κ2) is 10.8. The van der Waals surface area contributed by atoms with E-state index in [1.165, 1.54) is 30.0 Å². The number of anilines is 2. The molecule has 2 unspecified atom stereocenters. The van der Waals surface area contributed by atoms with Crippen LogP contribution < -0.4 is 16.0 Å². The van der Waals surface area contributed by atoms with Crippen LogP contribution in [0.4, 0.5) is 11.4 Å². The van der Waals surface area contributed by atoms with Gasteiger partial charge >= 0.3 is 5.97 Å². The van der Waals surface area contributed by atoms with E-state index >= 15 is 0 Å². The number of esters is 1. The maximum absolute atomic E-state index is 13.2. The first kappa shape index (κ1) is 25.8. The van der Waals surface area contributed by atoms with Crippen molar-refractivity contribution in [3.05, 3.63) is 59.2 Å². The topological polar surface area (TPSA) is 164 Å². The highest BCUT2D eigenvalue weighted by atomic mass is 16.5. The van der Waals surface area contributed by atoms with Crippen molar-refractivity contribution in [3.63, 3.8) is 0 Å². The van der Waals surface area contributed by atoms with Crippen LogP contribution in [0, 0.1) is 0 Å². The third kappa shape index (κ3) is 5.44. The van der Waals surface area contributed by atoms with Crippen molar-refractivity contribution >= 4 is 40.9 Å². The molecule has 12 heteroatoms. The number of nitrogens with one attached hydrogen (secondary N) is 1. The number of nitrogens with zero attached hydrogens (tertiary/aromatic N) is 3. The van der Waals surface area contributed by atoms with Gasteiger partial charge in [0, 0.05) is 36.1 Å². The van der Waals surface area contributed by atoms with Gasteiger partial charge in [-0.25, -0.2) is 0 Å². The van der Waals surface area contributed by atoms with E-state index in [0.29, 0.717) is 23.8 Å². The van der Waals surface area contributed by atoms with Gasteiger partial charge in [-0.15, -0.1) is 0 Å². The van der Waals surface area contributed by atoms with Crippen molar-refractivity contribution in [1.29, 1.82) is 0 Å². The number of carbonyl (C=O) groups is 4. The number of aliphatic imine (C=N–C) groups is 1. The summed E-state index contributed by atoms with van der Waals surface area (Å²) >= 11 is 0. The number of nitrogens with two attached hydrogens (primary N) is 1. The summed E-state index contributed by atoms with van der Waals surface area (Å²) in [6.07, 6.45) is -3.22. The number of benzene rings is 2. The number of aliphatic hydroxyl groups is 1. The van der Waals surface area contributed by atoms with E-state index in [4.69, 9.17) is 10.5 Å². The zero-order valence-corrected chi connectivity index (χ0v) is 20.3. The van der Waals surface area contributed by atoms with Crippen LogP contribution >= 0.6 is 0 Å². The molecular weight excluding hydrogens is 482 g/mol. The first-order chi connectivity index (χ1) is 17.7. The van der Waals surface area contributed by atoms with Crippen molar-refractivity contribution in [1.82, 2.24) is 4.90 Å². The van der Waals surface area contributed by atoms with E-state index in [0.717, 1.165) is 11.1 Å². The smallest absolute Gasteiger partial charge is 0.325 e. The SMILES string of the molecule is COC(=O)CN(C)C(=O)c1cccc(N2CCOC(C(O)C(=O)Nc3ccc4c(c3)CN=C4N)C2=O)c1. The monoisotopic (exact) mass is 509 g/mol. The quantitative estimate of drug-likeness (QED) is 0.435. The Morgan fingerprint density at radius 2 is 2.08 bits per heavy atom. The fourth-order valence-electron chi connectivity index (χ4n) is 4.11. The molecule has 194 valence electrons. The Kier molecular flexibility index (Phi) is 7.50. The molecule has 2 aliphatic rings. The number of aliphatic hydroxyl groups excluding tert-OH is 1. The second-order valence-corrected chi connectivity index (χ2v) is 8.58. The molecule has 4 N–H and O–H groups in total. The van der Waals surface area contributed by atoms with Crippen molar-refractivity contribution < 1.29 is 33.8 Å². The Bertz CT molecular complexity index is 1280. The summed E-state index contributed by atoms with van der Waals surface area (Å²) in [5.74, 6) is -2.01. The maximum Gasteiger partial charge on any atom is 0.325 e. The van der Waals surface area contributed by atoms with Crippen molar-refractivity contribution in [2.75, 3.05) is 44.1 Å². The summed E-state index contributed by atoms with van der Waals surface area (Å²) in [4.78, 5) is 56.8. The van der Waals surface area contributed by atoms with Crippen molar-refractivity contribution in [2.45, 2.75) is 18.8 Å². The van der Waals surface area contributed by atoms with E-state index in [-0.39, 0.29) is 25.3 Å². The lowest BCUT2D eigenvalue weighted by Gasteiger charge is -2.34. The number of methoxy groups -OCH3 is 1. The molecule has 37 heavy (non-hydrogen) atoms. The largest absolute Gasteiger partial charge is 0.468 e. The van der Waals surface area contributed by atoms with Crippen LogP contribution in [0.2, 0.25) is 0 Å². The van der Waals surface area contributed by atoms with Gasteiger partial charge in [-0.3, -0.25) is 24.2 Å². The highest BCUT2D eigenvalue weighted by molar-refractivity contribution is 6.05. The minimum absolute atomic E-state index is 0.0661. The van der Waals surface area contributed by atoms with E-state index < -0.39 is 35.9 Å². The van der Waals surface area contributed by atoms with E-state index in [2.05, 4.69) is 15.0 Å². The summed E-state index contributed by atoms with van der Waals surface area (Å²) in [5.41, 5.74) is 8.50. The standard InChI is InChI=1S/C25H27N5O7/c1-29(13-19(31)36-2)24(34)14-4-3-5-17(11-14)30-8-9-37-21(25(30)35)20(32)23(33)28-16-6-7-18-15(10-16)12-27-22(18)26/h3-7,10-11,20-21,32H,8-9,12-13H2,1-2H3,(H2,26,27)(H,28,33). The molecule has 3 amide bonds. The first-order valence-electron chi connectivity index (χ1n) is 11.5. The van der Waals surface area contributed by atoms with Gasteiger partial charge in [0.2, 0.25) is 0 Å². The molecule has 0 saturated carbocycles. The summed E-state index contributed by atoms with van der Waals surface area (Å²) in [7, 11) is 2.69. The Morgan fingerprint density at radius 3 is 2.84 bits per heavy atom. The minimum atomic E-state index is -1.78. The number of carbonyl (C=O) groups excluding carboxylic acids is 4. The van der Waals surface area contributed by atoms with Crippen LogP contribution in [0.15, 0.2) is 47.5 Å². The molecule has 2 aliphatic heterocycles. The molecule has 1 fully saturated rings. The zero-order valence-electron chi connectivity index (χ0n) is 20.3. The summed E-state index contributed by atoms with van der Waals surface area (Å²) < 4.78 is 10.0. The average Bonchev–Trinajstić information content (AvgIpc) is 3.27. The zero-order chi connectivity index (χ0) is 26.7. The first-order valence-corrected chi connectivity index (χ1v) is 11.5. The molecule has 2 heterocycles. The number of ether oxygens (including phenoxy) is 2. The average molecular weight is 510 g/mol. The second-order valence-electron chi connectivity index (χ2n) is 8.58. The Hall–Kier alpha value is -4.29. The van der Waals surface area contributed by atoms with Crippen molar-refractivity contribution in [2.24, 2.45) is 10.7 Å². The number of hydrogen-bond donors (Lipinski definition) is 3. The molecule has 0 spiro atoms. The van der Waals surface area contributed by atoms with Crippen LogP contribution in [0.25, 0.3) is 0 Å². The van der Waals surface area contributed by atoms with Crippen LogP contribution in [0.3, 0.4) is 0 Å². The Morgan fingerprint density at radius 1 is 1.30 bits per heavy atom. The molecule has 0 radical (unpaired) electrons. The Labute approximate surface area is 212 Å². The lowest BCUT2D eigenvalue weighted by molar-refractivity contribution is -0.150. The van der Waals surface area contributed by atoms with Gasteiger partial charge in [0.05, 0.1) is 20.3 Å². The summed E-state index contributed by atoms with van der Waals surface area (Å²) in [5, 5.41) is 13.3. The molecular formula is C25H27N5O7. The molecule has 2 atom stereocenters. The lowest BCUT2D eigenvalue weighted by atomic mass is 10.1. The number of fused-ring (bicyclic) bond motifs is 1. The van der Waals surface area contributed by atoms with Gasteiger partial charge in [0.25, 0.3) is 17.7 Å². The number of hydrogen-bond acceptors (Lipinski definition) is 9. The van der Waals surface area contributed by atoms with Crippen LogP contribution in [-0.4, -0.2) is 85.6 Å². The molecule has 2 aromatic rings. The van der Waals surface area contributed by atoms with Crippen LogP contribution in [0.1, 0.15) is 21.5 Å². The molecule has 0 bridgehead atoms. The van der Waals surface area contributed by atoms with Gasteiger partial charge in [-0.2, -0.15) is 0 Å². The predicted molar refractivity (Wildman–Crippen MR) is 133 cm³/mol. The highest BCUT2D eigenvalue weighted by Gasteiger charge is 2.39. The maximum atomic E-state index is 13.2. The minimum Gasteiger partial charge on any atom is -0.468 e. The summed E-state index contributed by atoms with van der Waals surface area (Å²) in [6, 6.07) is 11.3. The van der Waals surface area contributed by atoms with Gasteiger partial charge in [-0.1, -0.05) is 6.07 Å². The number of amides is 3. The highest BCUT2D eigenvalue weighted by Crippen LogP contribution is 2.24. The third-order valence-corrected chi connectivity index (χ3v) is 6.09. The molecule has 0 aromatic heterocycles. The van der Waals surface area contributed by atoms with Gasteiger partial charge in [-0.05, 0) is 42.0 Å². The molecule has 0 aliphatic carbocycles. The van der Waals surface area contributed by atoms with E-state index in [1.807, 2.05) is 0 Å². The Balaban J connectivity index is 1.44. The normalized spacial score (nSPS) is 17.5. The fourth-order valence-corrected chi connectivity index (χ4v) is 4.11. The van der Waals surface area contributed by atoms with Crippen LogP contribution in [0.5, 0.6) is 0 Å². The van der Waals surface area contributed by atoms with Crippen LogP contribution in [-0.2, 0) is 30.4 Å². The van der Waals surface area contributed by atoms with Gasteiger partial charge in [0.1, 0.15) is 12.4 Å². The molecule has 12 nitrogen and oxygen atoms in total. The van der Waals surface area contributed by atoms with Gasteiger partial charge in [0.15, 0.2) is 12.2 Å². The molecule has 1 saturated heterocycles. The van der Waals surface area contributed by atoms with E-state index in [9.17, 15) is 24.3 Å². The number of likely N-dealkylation sites (N-methyl/N-ethyl adjacent to an activating group) is 1. The lowest BCUT2D eigenvalue weighted by Crippen LogP contribution is -2.55. The van der Waals surface area contributed by atoms with E-state index in [1.54, 1.807) is 36.4 Å². The third-order valence-electron chi connectivity index (χ3n) is 6.09. The number of morpholine rings is 1. The predicted octanol–water partition coefficient (Wildman–Crippen LogP) is -0.118. The molecule has 4 rings (SSSR count). The van der Waals surface area contributed by atoms with Crippen molar-refractivity contribution in [3.8, 4) is 0 Å². The number of amidine groups is 1. The fraction of sp³-hybridized carbons (Fsp3) is 0.320. The number of rotatable bonds is 7. The molecule has 2 aromatic carbocycles. The summed E-state index contributed by atoms with van der Waals surface area (Å²) in [6.45, 7) is 0.388.